The molecule has 0 aliphatic heterocycles. The van der Waals surface area contributed by atoms with Crippen LogP contribution in [0.4, 0.5) is 0 Å². The van der Waals surface area contributed by atoms with E-state index in [1.807, 2.05) is 0 Å². The number of Topliss-reactive ketones (excluding diaryl/α,β-unsaturated/α-hetero) is 2. The Morgan fingerprint density at radius 3 is 2.44 bits per heavy atom. The third-order valence-electron chi connectivity index (χ3n) is 3.40. The molecule has 0 heterocycles. The van der Waals surface area contributed by atoms with Crippen LogP contribution >= 0.6 is 0 Å². The Kier molecular flexibility index (Phi) is 3.51. The molecule has 1 rings (SSSR count). The van der Waals surface area contributed by atoms with Crippen LogP contribution in [0.3, 0.4) is 0 Å². The molecular formula is C12H18O4. The molecule has 0 aromatic rings. The number of rotatable bonds is 3. The summed E-state index contributed by atoms with van der Waals surface area (Å²) in [6.07, 6.45) is 0.688. The van der Waals surface area contributed by atoms with Crippen molar-refractivity contribution >= 4 is 17.5 Å². The second-order valence-corrected chi connectivity index (χ2v) is 5.15. The topological polar surface area (TPSA) is 71.4 Å². The Hall–Kier alpha value is -1.19. The third-order valence-corrected chi connectivity index (χ3v) is 3.40. The first-order valence-electron chi connectivity index (χ1n) is 5.58. The van der Waals surface area contributed by atoms with Crippen LogP contribution in [0.1, 0.15) is 40.0 Å². The van der Waals surface area contributed by atoms with E-state index in [-0.39, 0.29) is 30.3 Å². The maximum atomic E-state index is 11.8. The Morgan fingerprint density at radius 2 is 2.00 bits per heavy atom. The number of ketones is 2. The zero-order valence-corrected chi connectivity index (χ0v) is 9.95. The van der Waals surface area contributed by atoms with Crippen molar-refractivity contribution in [2.45, 2.75) is 40.0 Å². The first kappa shape index (κ1) is 12.9. The average Bonchev–Trinajstić information content (AvgIpc) is 2.20. The van der Waals surface area contributed by atoms with Gasteiger partial charge < -0.3 is 5.11 Å². The van der Waals surface area contributed by atoms with E-state index in [9.17, 15) is 14.4 Å². The predicted octanol–water partition coefficient (Wildman–Crippen LogP) is 1.67. The van der Waals surface area contributed by atoms with Crippen molar-refractivity contribution in [3.63, 3.8) is 0 Å². The number of carbonyl (C=O) groups excluding carboxylic acids is 2. The van der Waals surface area contributed by atoms with Gasteiger partial charge in [-0.3, -0.25) is 14.4 Å². The molecule has 1 aliphatic carbocycles. The van der Waals surface area contributed by atoms with Gasteiger partial charge in [-0.05, 0) is 19.8 Å². The number of carboxylic acids is 1. The van der Waals surface area contributed by atoms with Crippen molar-refractivity contribution in [3.8, 4) is 0 Å². The molecule has 4 heteroatoms. The minimum Gasteiger partial charge on any atom is -0.481 e. The number of aliphatic carboxylic acids is 1. The maximum Gasteiger partial charge on any atom is 0.309 e. The predicted molar refractivity (Wildman–Crippen MR) is 57.9 cm³/mol. The molecule has 1 fully saturated rings. The van der Waals surface area contributed by atoms with Gasteiger partial charge in [0.15, 0.2) is 0 Å². The van der Waals surface area contributed by atoms with Gasteiger partial charge in [-0.25, -0.2) is 0 Å². The second kappa shape index (κ2) is 4.36. The molecule has 0 aromatic heterocycles. The SMILES string of the molecule is CC(C)C(=O)C1CC(C)(C(=O)O)CCC1=O. The van der Waals surface area contributed by atoms with Gasteiger partial charge in [-0.2, -0.15) is 0 Å². The molecule has 1 aliphatic rings. The quantitative estimate of drug-likeness (QED) is 0.743. The standard InChI is InChI=1S/C12H18O4/c1-7(2)10(14)8-6-12(3,11(15)16)5-4-9(8)13/h7-8H,4-6H2,1-3H3,(H,15,16). The normalized spacial score (nSPS) is 30.5. The highest BCUT2D eigenvalue weighted by molar-refractivity contribution is 6.04. The zero-order valence-electron chi connectivity index (χ0n) is 9.95. The summed E-state index contributed by atoms with van der Waals surface area (Å²) in [6.45, 7) is 5.09. The van der Waals surface area contributed by atoms with E-state index < -0.39 is 17.3 Å². The van der Waals surface area contributed by atoms with Crippen molar-refractivity contribution in [1.29, 1.82) is 0 Å². The largest absolute Gasteiger partial charge is 0.481 e. The van der Waals surface area contributed by atoms with E-state index >= 15 is 0 Å². The zero-order chi connectivity index (χ0) is 12.5. The number of carbonyl (C=O) groups is 3. The van der Waals surface area contributed by atoms with Gasteiger partial charge in [0, 0.05) is 12.3 Å². The molecule has 0 amide bonds. The molecule has 0 saturated heterocycles. The highest BCUT2D eigenvalue weighted by Crippen LogP contribution is 2.38. The monoisotopic (exact) mass is 226 g/mol. The van der Waals surface area contributed by atoms with Gasteiger partial charge in [-0.1, -0.05) is 13.8 Å². The van der Waals surface area contributed by atoms with E-state index in [0.717, 1.165) is 0 Å². The van der Waals surface area contributed by atoms with Crippen LogP contribution in [-0.2, 0) is 14.4 Å². The van der Waals surface area contributed by atoms with E-state index in [2.05, 4.69) is 0 Å². The lowest BCUT2D eigenvalue weighted by atomic mass is 9.68. The van der Waals surface area contributed by atoms with E-state index in [4.69, 9.17) is 5.11 Å². The highest BCUT2D eigenvalue weighted by atomic mass is 16.4. The van der Waals surface area contributed by atoms with Gasteiger partial charge in [0.25, 0.3) is 0 Å². The molecular weight excluding hydrogens is 208 g/mol. The van der Waals surface area contributed by atoms with Crippen molar-refractivity contribution in [3.05, 3.63) is 0 Å². The number of carboxylic acid groups (broad SMARTS) is 1. The molecule has 16 heavy (non-hydrogen) atoms. The molecule has 2 unspecified atom stereocenters. The van der Waals surface area contributed by atoms with Gasteiger partial charge >= 0.3 is 5.97 Å². The Morgan fingerprint density at radius 1 is 1.44 bits per heavy atom. The Bertz CT molecular complexity index is 332. The van der Waals surface area contributed by atoms with Crippen molar-refractivity contribution in [2.24, 2.45) is 17.3 Å². The minimum absolute atomic E-state index is 0.0996. The van der Waals surface area contributed by atoms with Crippen LogP contribution in [-0.4, -0.2) is 22.6 Å². The van der Waals surface area contributed by atoms with E-state index in [1.54, 1.807) is 20.8 Å². The third kappa shape index (κ3) is 2.31. The summed E-state index contributed by atoms with van der Waals surface area (Å²) in [4.78, 5) is 34.5. The first-order chi connectivity index (χ1) is 7.28. The summed E-state index contributed by atoms with van der Waals surface area (Å²) < 4.78 is 0. The molecule has 2 atom stereocenters. The summed E-state index contributed by atoms with van der Waals surface area (Å²) >= 11 is 0. The minimum atomic E-state index is -0.927. The highest BCUT2D eigenvalue weighted by Gasteiger charge is 2.45. The van der Waals surface area contributed by atoms with E-state index in [1.165, 1.54) is 0 Å². The molecule has 4 nitrogen and oxygen atoms in total. The van der Waals surface area contributed by atoms with Gasteiger partial charge in [-0.15, -0.1) is 0 Å². The maximum absolute atomic E-state index is 11.8. The lowest BCUT2D eigenvalue weighted by Gasteiger charge is -2.33. The van der Waals surface area contributed by atoms with Crippen LogP contribution in [0.2, 0.25) is 0 Å². The molecule has 90 valence electrons. The first-order valence-corrected chi connectivity index (χ1v) is 5.58. The molecule has 1 saturated carbocycles. The molecule has 0 aromatic carbocycles. The fourth-order valence-corrected chi connectivity index (χ4v) is 2.10. The Labute approximate surface area is 95.0 Å². The Balaban J connectivity index is 2.89. The van der Waals surface area contributed by atoms with Crippen molar-refractivity contribution in [1.82, 2.24) is 0 Å². The molecule has 1 N–H and O–H groups in total. The van der Waals surface area contributed by atoms with Gasteiger partial charge in [0.05, 0.1) is 11.3 Å². The van der Waals surface area contributed by atoms with Gasteiger partial charge in [0.1, 0.15) is 11.6 Å². The van der Waals surface area contributed by atoms with Crippen LogP contribution < -0.4 is 0 Å². The lowest BCUT2D eigenvalue weighted by Crippen LogP contribution is -2.41. The van der Waals surface area contributed by atoms with Crippen LogP contribution in [0, 0.1) is 17.3 Å². The molecule has 0 spiro atoms. The van der Waals surface area contributed by atoms with Gasteiger partial charge in [0.2, 0.25) is 0 Å². The van der Waals surface area contributed by atoms with E-state index in [0.29, 0.717) is 6.42 Å². The smallest absolute Gasteiger partial charge is 0.309 e. The molecule has 0 bridgehead atoms. The lowest BCUT2D eigenvalue weighted by molar-refractivity contribution is -0.153. The van der Waals surface area contributed by atoms with Crippen LogP contribution in [0.5, 0.6) is 0 Å². The summed E-state index contributed by atoms with van der Waals surface area (Å²) in [5.74, 6) is -2.07. The number of hydrogen-bond donors (Lipinski definition) is 1. The second-order valence-electron chi connectivity index (χ2n) is 5.15. The average molecular weight is 226 g/mol. The fourth-order valence-electron chi connectivity index (χ4n) is 2.10. The summed E-state index contributed by atoms with van der Waals surface area (Å²) in [5.41, 5.74) is -0.927. The summed E-state index contributed by atoms with van der Waals surface area (Å²) in [5, 5.41) is 9.10. The summed E-state index contributed by atoms with van der Waals surface area (Å²) in [6, 6.07) is 0. The van der Waals surface area contributed by atoms with Crippen molar-refractivity contribution in [2.75, 3.05) is 0 Å². The van der Waals surface area contributed by atoms with Crippen LogP contribution in [0.15, 0.2) is 0 Å². The molecule has 0 radical (unpaired) electrons. The van der Waals surface area contributed by atoms with Crippen LogP contribution in [0.25, 0.3) is 0 Å². The fraction of sp³-hybridized carbons (Fsp3) is 0.750. The number of hydrogen-bond acceptors (Lipinski definition) is 3. The summed E-state index contributed by atoms with van der Waals surface area (Å²) in [7, 11) is 0. The van der Waals surface area contributed by atoms with Crippen molar-refractivity contribution < 1.29 is 19.5 Å².